The first-order valence-corrected chi connectivity index (χ1v) is 13.9. The maximum Gasteiger partial charge on any atom is 0.253 e. The first kappa shape index (κ1) is 23.5. The van der Waals surface area contributed by atoms with E-state index in [-0.39, 0.29) is 48.8 Å². The van der Waals surface area contributed by atoms with Crippen LogP contribution in [0.2, 0.25) is 0 Å². The highest BCUT2D eigenvalue weighted by Crippen LogP contribution is 2.35. The number of phenols is 1. The second-order valence-corrected chi connectivity index (χ2v) is 12.4. The van der Waals surface area contributed by atoms with E-state index in [9.17, 15) is 26.7 Å². The normalized spacial score (nSPS) is 19.5. The molecular weight excluding hydrogens is 466 g/mol. The summed E-state index contributed by atoms with van der Waals surface area (Å²) in [6.07, 6.45) is 1.69. The molecule has 0 aliphatic carbocycles. The molecule has 178 valence electrons. The van der Waals surface area contributed by atoms with Gasteiger partial charge in [0.2, 0.25) is 20.0 Å². The van der Waals surface area contributed by atoms with Gasteiger partial charge in [-0.3, -0.25) is 9.10 Å². The molecule has 2 heterocycles. The van der Waals surface area contributed by atoms with Crippen LogP contribution in [0, 0.1) is 6.92 Å². The Bertz CT molecular complexity index is 1320. The smallest absolute Gasteiger partial charge is 0.253 e. The van der Waals surface area contributed by atoms with Crippen LogP contribution >= 0.6 is 0 Å². The fraction of sp³-hybridized carbons (Fsp3) is 0.409. The molecule has 0 bridgehead atoms. The molecule has 33 heavy (non-hydrogen) atoms. The topological polar surface area (TPSA) is 115 Å². The van der Waals surface area contributed by atoms with Crippen molar-refractivity contribution in [2.24, 2.45) is 0 Å². The molecule has 4 rings (SSSR count). The fourth-order valence-electron chi connectivity index (χ4n) is 4.52. The van der Waals surface area contributed by atoms with Gasteiger partial charge in [-0.15, -0.1) is 0 Å². The zero-order valence-corrected chi connectivity index (χ0v) is 20.4. The van der Waals surface area contributed by atoms with Gasteiger partial charge in [-0.05, 0) is 61.7 Å². The van der Waals surface area contributed by atoms with Crippen LogP contribution in [0.15, 0.2) is 41.3 Å². The van der Waals surface area contributed by atoms with E-state index in [1.165, 1.54) is 27.0 Å². The lowest BCUT2D eigenvalue weighted by molar-refractivity contribution is 0.0697. The molecule has 1 fully saturated rings. The number of sulfonamides is 2. The van der Waals surface area contributed by atoms with Gasteiger partial charge in [0.25, 0.3) is 5.91 Å². The number of hydrogen-bond acceptors (Lipinski definition) is 6. The molecule has 2 aromatic rings. The maximum atomic E-state index is 13.1. The van der Waals surface area contributed by atoms with E-state index >= 15 is 0 Å². The molecule has 1 atom stereocenters. The quantitative estimate of drug-likeness (QED) is 0.691. The second kappa shape index (κ2) is 8.30. The standard InChI is InChI=1S/C22H27N3O6S2/c1-15-4-7-20(26)21(12-15)33(30,31)24-10-8-23(9-11-24)22(27)17-5-6-19-18(14-17)13-16(2)25(19)32(3,28)29/h4-7,12,14,16,26H,8-11,13H2,1-3H3. The van der Waals surface area contributed by atoms with Gasteiger partial charge in [0, 0.05) is 37.8 Å². The Balaban J connectivity index is 1.49. The number of phenolic OH excluding ortho intramolecular Hbond substituents is 1. The predicted octanol–water partition coefficient (Wildman–Crippen LogP) is 1.56. The van der Waals surface area contributed by atoms with Crippen LogP contribution in [0.1, 0.15) is 28.4 Å². The number of carbonyl (C=O) groups is 1. The molecule has 0 spiro atoms. The van der Waals surface area contributed by atoms with Crippen molar-refractivity contribution in [2.75, 3.05) is 36.7 Å². The molecule has 0 saturated carbocycles. The second-order valence-electron chi connectivity index (χ2n) is 8.62. The minimum absolute atomic E-state index is 0.116. The van der Waals surface area contributed by atoms with Crippen molar-refractivity contribution < 1.29 is 26.7 Å². The Kier molecular flexibility index (Phi) is 5.92. The summed E-state index contributed by atoms with van der Waals surface area (Å²) >= 11 is 0. The lowest BCUT2D eigenvalue weighted by atomic mass is 10.1. The van der Waals surface area contributed by atoms with Crippen molar-refractivity contribution in [3.05, 3.63) is 53.1 Å². The lowest BCUT2D eigenvalue weighted by Gasteiger charge is -2.34. The van der Waals surface area contributed by atoms with Gasteiger partial charge < -0.3 is 10.0 Å². The Morgan fingerprint density at radius 2 is 1.67 bits per heavy atom. The fourth-order valence-corrected chi connectivity index (χ4v) is 7.38. The number of piperazine rings is 1. The number of nitrogens with zero attached hydrogens (tertiary/aromatic N) is 3. The number of aryl methyl sites for hydroxylation is 1. The molecule has 2 aromatic carbocycles. The highest BCUT2D eigenvalue weighted by molar-refractivity contribution is 7.92. The average Bonchev–Trinajstić information content (AvgIpc) is 3.10. The van der Waals surface area contributed by atoms with Crippen molar-refractivity contribution >= 4 is 31.6 Å². The van der Waals surface area contributed by atoms with E-state index in [4.69, 9.17) is 0 Å². The summed E-state index contributed by atoms with van der Waals surface area (Å²) in [4.78, 5) is 14.5. The third-order valence-corrected chi connectivity index (χ3v) is 9.29. The monoisotopic (exact) mass is 493 g/mol. The molecule has 1 saturated heterocycles. The van der Waals surface area contributed by atoms with Gasteiger partial charge in [0.05, 0.1) is 11.9 Å². The minimum Gasteiger partial charge on any atom is -0.507 e. The highest BCUT2D eigenvalue weighted by Gasteiger charge is 2.35. The lowest BCUT2D eigenvalue weighted by Crippen LogP contribution is -2.50. The summed E-state index contributed by atoms with van der Waals surface area (Å²) in [5.74, 6) is -0.520. The Labute approximate surface area is 194 Å². The molecule has 1 N–H and O–H groups in total. The molecule has 1 amide bonds. The molecular formula is C22H27N3O6S2. The zero-order chi connectivity index (χ0) is 24.1. The number of amides is 1. The maximum absolute atomic E-state index is 13.1. The number of anilines is 1. The van der Waals surface area contributed by atoms with E-state index in [0.29, 0.717) is 17.7 Å². The number of benzene rings is 2. The summed E-state index contributed by atoms with van der Waals surface area (Å²) in [5.41, 5.74) is 2.56. The van der Waals surface area contributed by atoms with Gasteiger partial charge >= 0.3 is 0 Å². The zero-order valence-electron chi connectivity index (χ0n) is 18.7. The van der Waals surface area contributed by atoms with Gasteiger partial charge in [0.1, 0.15) is 10.6 Å². The van der Waals surface area contributed by atoms with E-state index in [1.807, 2.05) is 6.92 Å². The number of carbonyl (C=O) groups excluding carboxylic acids is 1. The van der Waals surface area contributed by atoms with Crippen molar-refractivity contribution in [1.82, 2.24) is 9.21 Å². The average molecular weight is 494 g/mol. The summed E-state index contributed by atoms with van der Waals surface area (Å²) in [6, 6.07) is 9.23. The van der Waals surface area contributed by atoms with E-state index in [0.717, 1.165) is 11.1 Å². The van der Waals surface area contributed by atoms with Crippen LogP contribution in [0.5, 0.6) is 5.75 Å². The largest absolute Gasteiger partial charge is 0.507 e. The van der Waals surface area contributed by atoms with Crippen LogP contribution in [-0.2, 0) is 26.5 Å². The van der Waals surface area contributed by atoms with Crippen LogP contribution < -0.4 is 4.31 Å². The van der Waals surface area contributed by atoms with Crippen molar-refractivity contribution in [1.29, 1.82) is 0 Å². The summed E-state index contributed by atoms with van der Waals surface area (Å²) in [7, 11) is -7.29. The molecule has 2 aliphatic rings. The first-order valence-electron chi connectivity index (χ1n) is 10.6. The highest BCUT2D eigenvalue weighted by atomic mass is 32.2. The Morgan fingerprint density at radius 1 is 1.00 bits per heavy atom. The predicted molar refractivity (Wildman–Crippen MR) is 124 cm³/mol. The number of fused-ring (bicyclic) bond motifs is 1. The van der Waals surface area contributed by atoms with Gasteiger partial charge in [-0.25, -0.2) is 16.8 Å². The van der Waals surface area contributed by atoms with Gasteiger partial charge in [-0.2, -0.15) is 4.31 Å². The summed E-state index contributed by atoms with van der Waals surface area (Å²) in [5, 5.41) is 10.0. The van der Waals surface area contributed by atoms with E-state index in [2.05, 4.69) is 0 Å². The van der Waals surface area contributed by atoms with Crippen molar-refractivity contribution in [3.63, 3.8) is 0 Å². The summed E-state index contributed by atoms with van der Waals surface area (Å²) in [6.45, 7) is 4.24. The van der Waals surface area contributed by atoms with Gasteiger partial charge in [0.15, 0.2) is 0 Å². The Hall–Kier alpha value is -2.63. The molecule has 11 heteroatoms. The summed E-state index contributed by atoms with van der Waals surface area (Å²) < 4.78 is 52.8. The Morgan fingerprint density at radius 3 is 2.30 bits per heavy atom. The first-order chi connectivity index (χ1) is 15.4. The molecule has 0 radical (unpaired) electrons. The third kappa shape index (κ3) is 4.32. The van der Waals surface area contributed by atoms with E-state index in [1.54, 1.807) is 36.1 Å². The van der Waals surface area contributed by atoms with Gasteiger partial charge in [-0.1, -0.05) is 6.07 Å². The van der Waals surface area contributed by atoms with Crippen molar-refractivity contribution in [3.8, 4) is 5.75 Å². The van der Waals surface area contributed by atoms with Crippen LogP contribution in [0.25, 0.3) is 0 Å². The third-order valence-electron chi connectivity index (χ3n) is 6.10. The van der Waals surface area contributed by atoms with Crippen LogP contribution in [0.4, 0.5) is 5.69 Å². The van der Waals surface area contributed by atoms with Crippen LogP contribution in [-0.4, -0.2) is 75.5 Å². The van der Waals surface area contributed by atoms with E-state index < -0.39 is 20.0 Å². The SMILES string of the molecule is Cc1ccc(O)c(S(=O)(=O)N2CCN(C(=O)c3ccc4c(c3)CC(C)N4S(C)(=O)=O)CC2)c1. The number of hydrogen-bond donors (Lipinski definition) is 1. The molecule has 2 aliphatic heterocycles. The van der Waals surface area contributed by atoms with Crippen LogP contribution in [0.3, 0.4) is 0 Å². The molecule has 1 unspecified atom stereocenters. The number of rotatable bonds is 4. The minimum atomic E-state index is -3.88. The number of aromatic hydroxyl groups is 1. The molecule has 0 aromatic heterocycles. The molecule has 9 nitrogen and oxygen atoms in total. The van der Waals surface area contributed by atoms with Crippen molar-refractivity contribution in [2.45, 2.75) is 31.2 Å².